The van der Waals surface area contributed by atoms with Gasteiger partial charge in [-0.25, -0.2) is 4.98 Å². The number of hydrogen-bond donors (Lipinski definition) is 1. The Balaban J connectivity index is 0.00000324. The van der Waals surface area contributed by atoms with Crippen LogP contribution in [0.4, 0.5) is 13.2 Å². The fourth-order valence-electron chi connectivity index (χ4n) is 3.47. The van der Waals surface area contributed by atoms with Crippen LogP contribution in [-0.2, 0) is 18.2 Å². The molecule has 1 N–H and O–H groups in total. The lowest BCUT2D eigenvalue weighted by molar-refractivity contribution is -0.138. The molecule has 0 radical (unpaired) electrons. The summed E-state index contributed by atoms with van der Waals surface area (Å²) < 4.78 is 46.3. The Labute approximate surface area is 215 Å². The number of benzene rings is 3. The molecular formula is C25H22BrCl2F3N2O. The molecule has 4 aromatic rings. The van der Waals surface area contributed by atoms with Crippen LogP contribution in [0.15, 0.2) is 59.1 Å². The van der Waals surface area contributed by atoms with E-state index in [0.29, 0.717) is 15.3 Å². The van der Waals surface area contributed by atoms with E-state index in [9.17, 15) is 13.2 Å². The van der Waals surface area contributed by atoms with Crippen LogP contribution in [-0.4, -0.2) is 9.97 Å². The van der Waals surface area contributed by atoms with Gasteiger partial charge in [0.1, 0.15) is 18.2 Å². The zero-order valence-corrected chi connectivity index (χ0v) is 21.7. The molecule has 1 aromatic heterocycles. The minimum atomic E-state index is -4.49. The maximum Gasteiger partial charge on any atom is 0.416 e. The molecule has 0 fully saturated rings. The zero-order valence-electron chi connectivity index (χ0n) is 18.6. The third-order valence-electron chi connectivity index (χ3n) is 5.31. The maximum atomic E-state index is 13.4. The van der Waals surface area contributed by atoms with Crippen LogP contribution in [0.5, 0.6) is 5.75 Å². The lowest BCUT2D eigenvalue weighted by atomic mass is 9.87. The Bertz CT molecular complexity index is 1330. The summed E-state index contributed by atoms with van der Waals surface area (Å²) in [6.45, 7) is 6.15. The Morgan fingerprint density at radius 1 is 1.00 bits per heavy atom. The van der Waals surface area contributed by atoms with Crippen LogP contribution >= 0.6 is 39.9 Å². The summed E-state index contributed by atoms with van der Waals surface area (Å²) in [4.78, 5) is 7.96. The van der Waals surface area contributed by atoms with E-state index in [1.807, 2.05) is 6.07 Å². The van der Waals surface area contributed by atoms with Crippen molar-refractivity contribution in [3.05, 3.63) is 80.8 Å². The number of alkyl halides is 3. The number of H-pyrrole nitrogens is 1. The van der Waals surface area contributed by atoms with Gasteiger partial charge in [-0.15, -0.1) is 12.4 Å². The molecule has 0 aliphatic rings. The van der Waals surface area contributed by atoms with Crippen LogP contribution in [0.3, 0.4) is 0 Å². The van der Waals surface area contributed by atoms with E-state index in [0.717, 1.165) is 22.7 Å². The van der Waals surface area contributed by atoms with Gasteiger partial charge in [0, 0.05) is 15.6 Å². The number of imidazole rings is 1. The average Bonchev–Trinajstić information content (AvgIpc) is 3.16. The topological polar surface area (TPSA) is 37.9 Å². The van der Waals surface area contributed by atoms with E-state index in [-0.39, 0.29) is 35.7 Å². The zero-order chi connectivity index (χ0) is 24.0. The number of nitrogens with zero attached hydrogens (tertiary/aromatic N) is 1. The van der Waals surface area contributed by atoms with Gasteiger partial charge in [-0.2, -0.15) is 13.2 Å². The highest BCUT2D eigenvalue weighted by atomic mass is 79.9. The van der Waals surface area contributed by atoms with Crippen LogP contribution in [0, 0.1) is 0 Å². The molecule has 1 heterocycles. The van der Waals surface area contributed by atoms with Gasteiger partial charge in [0.2, 0.25) is 0 Å². The molecule has 0 amide bonds. The number of rotatable bonds is 4. The summed E-state index contributed by atoms with van der Waals surface area (Å²) in [5, 5.41) is 0.301. The molecule has 0 aliphatic heterocycles. The highest BCUT2D eigenvalue weighted by Gasteiger charge is 2.33. The first-order chi connectivity index (χ1) is 15.4. The molecule has 34 heavy (non-hydrogen) atoms. The normalized spacial score (nSPS) is 12.0. The number of aromatic nitrogens is 2. The Morgan fingerprint density at radius 3 is 2.41 bits per heavy atom. The number of fused-ring (bicyclic) bond motifs is 1. The van der Waals surface area contributed by atoms with E-state index in [2.05, 4.69) is 58.8 Å². The van der Waals surface area contributed by atoms with Crippen molar-refractivity contribution < 1.29 is 17.9 Å². The van der Waals surface area contributed by atoms with Gasteiger partial charge >= 0.3 is 6.18 Å². The minimum absolute atomic E-state index is 0. The summed E-state index contributed by atoms with van der Waals surface area (Å²) in [5.41, 5.74) is 2.89. The smallest absolute Gasteiger partial charge is 0.416 e. The predicted molar refractivity (Wildman–Crippen MR) is 136 cm³/mol. The van der Waals surface area contributed by atoms with E-state index in [1.54, 1.807) is 24.3 Å². The largest absolute Gasteiger partial charge is 0.487 e. The molecule has 0 aliphatic carbocycles. The standard InChI is InChI=1S/C25H21BrClF3N2O.ClH/c1-24(2,3)16-6-9-20-21(11-16)32-23(31-20)14-5-8-19(27)22(10-14)33-13-15-4-7-17(26)12-18(15)25(28,29)30;/h4-12H,13H2,1-3H3,(H,31,32);1H. The van der Waals surface area contributed by atoms with Gasteiger partial charge in [0.15, 0.2) is 0 Å². The van der Waals surface area contributed by atoms with Crippen molar-refractivity contribution in [3.63, 3.8) is 0 Å². The first kappa shape index (κ1) is 26.4. The summed E-state index contributed by atoms with van der Waals surface area (Å²) in [7, 11) is 0. The van der Waals surface area contributed by atoms with Gasteiger partial charge in [0.05, 0.1) is 21.6 Å². The van der Waals surface area contributed by atoms with Crippen molar-refractivity contribution in [1.82, 2.24) is 9.97 Å². The summed E-state index contributed by atoms with van der Waals surface area (Å²) in [6, 6.07) is 15.2. The molecule has 4 rings (SSSR count). The van der Waals surface area contributed by atoms with E-state index < -0.39 is 11.7 Å². The van der Waals surface area contributed by atoms with Gasteiger partial charge in [0.25, 0.3) is 0 Å². The number of ether oxygens (including phenoxy) is 1. The predicted octanol–water partition coefficient (Wildman–Crippen LogP) is 8.96. The van der Waals surface area contributed by atoms with E-state index in [1.165, 1.54) is 11.6 Å². The Kier molecular flexibility index (Phi) is 7.60. The first-order valence-electron chi connectivity index (χ1n) is 10.2. The number of nitrogens with one attached hydrogen (secondary N) is 1. The second-order valence-corrected chi connectivity index (χ2v) is 10.1. The molecule has 0 unspecified atom stereocenters. The molecule has 0 spiro atoms. The fourth-order valence-corrected chi connectivity index (χ4v) is 4.00. The summed E-state index contributed by atoms with van der Waals surface area (Å²) in [6.07, 6.45) is -4.49. The van der Waals surface area contributed by atoms with Crippen molar-refractivity contribution in [1.29, 1.82) is 0 Å². The van der Waals surface area contributed by atoms with Crippen molar-refractivity contribution in [3.8, 4) is 17.1 Å². The molecule has 0 bridgehead atoms. The number of halogens is 6. The highest BCUT2D eigenvalue weighted by Crippen LogP contribution is 2.36. The van der Waals surface area contributed by atoms with E-state index >= 15 is 0 Å². The second kappa shape index (κ2) is 9.80. The number of hydrogen-bond acceptors (Lipinski definition) is 2. The Hall–Kier alpha value is -2.22. The highest BCUT2D eigenvalue weighted by molar-refractivity contribution is 9.10. The van der Waals surface area contributed by atoms with Crippen LogP contribution in [0.1, 0.15) is 37.5 Å². The summed E-state index contributed by atoms with van der Waals surface area (Å²) >= 11 is 9.36. The molecule has 0 atom stereocenters. The first-order valence-corrected chi connectivity index (χ1v) is 11.4. The fraction of sp³-hybridized carbons (Fsp3) is 0.240. The van der Waals surface area contributed by atoms with Crippen LogP contribution in [0.2, 0.25) is 5.02 Å². The van der Waals surface area contributed by atoms with Crippen LogP contribution in [0.25, 0.3) is 22.4 Å². The molecule has 0 saturated carbocycles. The lowest BCUT2D eigenvalue weighted by Crippen LogP contribution is -2.11. The third-order valence-corrected chi connectivity index (χ3v) is 6.12. The molecule has 9 heteroatoms. The van der Waals surface area contributed by atoms with Gasteiger partial charge in [-0.1, -0.05) is 60.4 Å². The summed E-state index contributed by atoms with van der Waals surface area (Å²) in [5.74, 6) is 0.901. The van der Waals surface area contributed by atoms with E-state index in [4.69, 9.17) is 16.3 Å². The quantitative estimate of drug-likeness (QED) is 0.264. The molecule has 0 saturated heterocycles. The van der Waals surface area contributed by atoms with Crippen molar-refractivity contribution in [2.75, 3.05) is 0 Å². The van der Waals surface area contributed by atoms with Gasteiger partial charge < -0.3 is 9.72 Å². The number of aromatic amines is 1. The minimum Gasteiger partial charge on any atom is -0.487 e. The monoisotopic (exact) mass is 572 g/mol. The second-order valence-electron chi connectivity index (χ2n) is 8.80. The van der Waals surface area contributed by atoms with Crippen molar-refractivity contribution >= 4 is 51.0 Å². The maximum absolute atomic E-state index is 13.4. The van der Waals surface area contributed by atoms with Gasteiger partial charge in [-0.3, -0.25) is 0 Å². The van der Waals surface area contributed by atoms with Crippen molar-refractivity contribution in [2.24, 2.45) is 0 Å². The Morgan fingerprint density at radius 2 is 1.74 bits per heavy atom. The van der Waals surface area contributed by atoms with Gasteiger partial charge in [-0.05, 0) is 53.4 Å². The SMILES string of the molecule is CC(C)(C)c1ccc2nc(-c3ccc(Cl)c(OCc4ccc(Br)cc4C(F)(F)F)c3)[nH]c2c1.Cl. The molecule has 180 valence electrons. The molecular weight excluding hydrogens is 552 g/mol. The molecule has 3 nitrogen and oxygen atoms in total. The average molecular weight is 574 g/mol. The molecule has 3 aromatic carbocycles. The van der Waals surface area contributed by atoms with Crippen LogP contribution < -0.4 is 4.74 Å². The van der Waals surface area contributed by atoms with Crippen molar-refractivity contribution in [2.45, 2.75) is 39.0 Å². The lowest BCUT2D eigenvalue weighted by Gasteiger charge is -2.18. The third kappa shape index (κ3) is 5.70.